The molecule has 0 bridgehead atoms. The van der Waals surface area contributed by atoms with Crippen LogP contribution >= 0.6 is 12.4 Å². The average molecular weight is 388 g/mol. The van der Waals surface area contributed by atoms with Crippen LogP contribution in [-0.4, -0.2) is 51.4 Å². The molecule has 2 N–H and O–H groups in total. The zero-order chi connectivity index (χ0) is 17.2. The fourth-order valence-corrected chi connectivity index (χ4v) is 4.98. The molecule has 2 aliphatic rings. The molecule has 0 aromatic heterocycles. The minimum atomic E-state index is -3.59. The molecule has 1 saturated heterocycles. The summed E-state index contributed by atoms with van der Waals surface area (Å²) in [5.41, 5.74) is 1.10. The summed E-state index contributed by atoms with van der Waals surface area (Å²) in [7, 11) is -3.59. The van der Waals surface area contributed by atoms with Gasteiger partial charge in [-0.2, -0.15) is 0 Å². The van der Waals surface area contributed by atoms with Crippen LogP contribution in [0.1, 0.15) is 41.6 Å². The number of benzene rings is 1. The number of sulfonamides is 1. The third-order valence-electron chi connectivity index (χ3n) is 4.81. The number of rotatable bonds is 4. The summed E-state index contributed by atoms with van der Waals surface area (Å²) in [6.45, 7) is 4.60. The molecule has 6 nitrogen and oxygen atoms in total. The number of carbonyl (C=O) groups is 1. The number of hydrogen-bond acceptors (Lipinski definition) is 4. The monoisotopic (exact) mass is 387 g/mol. The summed E-state index contributed by atoms with van der Waals surface area (Å²) in [4.78, 5) is 14.6. The van der Waals surface area contributed by atoms with Gasteiger partial charge in [0, 0.05) is 37.8 Å². The number of carbonyl (C=O) groups excluding carboxylic acids is 1. The maximum atomic E-state index is 12.7. The first-order valence-corrected chi connectivity index (χ1v) is 10.1. The van der Waals surface area contributed by atoms with Crippen LogP contribution in [0.25, 0.3) is 0 Å². The summed E-state index contributed by atoms with van der Waals surface area (Å²) in [6, 6.07) is 4.98. The Balaban J connectivity index is 0.00000225. The van der Waals surface area contributed by atoms with E-state index in [0.717, 1.165) is 38.8 Å². The first kappa shape index (κ1) is 20.2. The van der Waals surface area contributed by atoms with Crippen molar-refractivity contribution in [1.29, 1.82) is 0 Å². The zero-order valence-electron chi connectivity index (χ0n) is 14.5. The van der Waals surface area contributed by atoms with Gasteiger partial charge in [-0.25, -0.2) is 13.1 Å². The molecule has 0 unspecified atom stereocenters. The van der Waals surface area contributed by atoms with E-state index in [0.29, 0.717) is 24.2 Å². The highest BCUT2D eigenvalue weighted by atomic mass is 35.5. The normalized spacial score (nSPS) is 18.8. The van der Waals surface area contributed by atoms with E-state index in [9.17, 15) is 13.2 Å². The number of halogens is 1. The van der Waals surface area contributed by atoms with Crippen LogP contribution in [0, 0.1) is 6.92 Å². The van der Waals surface area contributed by atoms with E-state index in [-0.39, 0.29) is 29.3 Å². The van der Waals surface area contributed by atoms with Crippen molar-refractivity contribution >= 4 is 28.3 Å². The summed E-state index contributed by atoms with van der Waals surface area (Å²) >= 11 is 0. The van der Waals surface area contributed by atoms with Crippen molar-refractivity contribution in [3.63, 3.8) is 0 Å². The lowest BCUT2D eigenvalue weighted by Gasteiger charge is -2.27. The van der Waals surface area contributed by atoms with Crippen LogP contribution in [0.3, 0.4) is 0 Å². The molecule has 1 aliphatic carbocycles. The van der Waals surface area contributed by atoms with E-state index in [1.807, 2.05) is 0 Å². The fraction of sp³-hybridized carbons (Fsp3) is 0.588. The Labute approximate surface area is 155 Å². The van der Waals surface area contributed by atoms with Crippen molar-refractivity contribution in [3.05, 3.63) is 29.3 Å². The Hall–Kier alpha value is -1.15. The molecule has 140 valence electrons. The van der Waals surface area contributed by atoms with Gasteiger partial charge in [0.2, 0.25) is 10.0 Å². The van der Waals surface area contributed by atoms with Crippen molar-refractivity contribution in [2.45, 2.75) is 43.5 Å². The van der Waals surface area contributed by atoms with E-state index >= 15 is 0 Å². The fourth-order valence-electron chi connectivity index (χ4n) is 3.40. The topological polar surface area (TPSA) is 78.5 Å². The highest BCUT2D eigenvalue weighted by Crippen LogP contribution is 2.23. The maximum absolute atomic E-state index is 12.7. The minimum Gasteiger partial charge on any atom is -0.336 e. The Morgan fingerprint density at radius 1 is 1.20 bits per heavy atom. The molecular formula is C17H26ClN3O3S. The van der Waals surface area contributed by atoms with Crippen LogP contribution in [0.15, 0.2) is 23.1 Å². The number of amides is 1. The van der Waals surface area contributed by atoms with Crippen LogP contribution in [0.5, 0.6) is 0 Å². The highest BCUT2D eigenvalue weighted by molar-refractivity contribution is 7.89. The second-order valence-corrected chi connectivity index (χ2v) is 8.31. The summed E-state index contributed by atoms with van der Waals surface area (Å²) in [5.74, 6) is -0.103. The van der Waals surface area contributed by atoms with E-state index in [1.165, 1.54) is 6.07 Å². The third kappa shape index (κ3) is 4.73. The number of aryl methyl sites for hydroxylation is 1. The smallest absolute Gasteiger partial charge is 0.253 e. The second kappa shape index (κ2) is 8.49. The minimum absolute atomic E-state index is 0. The molecule has 1 amide bonds. The number of nitrogens with zero attached hydrogens (tertiary/aromatic N) is 1. The second-order valence-electron chi connectivity index (χ2n) is 6.63. The molecule has 1 saturated carbocycles. The molecule has 0 radical (unpaired) electrons. The molecule has 1 aromatic rings. The number of hydrogen-bond donors (Lipinski definition) is 2. The van der Waals surface area contributed by atoms with Gasteiger partial charge in [0.05, 0.1) is 4.90 Å². The molecule has 25 heavy (non-hydrogen) atoms. The molecule has 1 heterocycles. The van der Waals surface area contributed by atoms with Crippen molar-refractivity contribution in [3.8, 4) is 0 Å². The predicted octanol–water partition coefficient (Wildman–Crippen LogP) is 1.68. The number of piperazine rings is 1. The summed E-state index contributed by atoms with van der Waals surface area (Å²) < 4.78 is 28.2. The van der Waals surface area contributed by atoms with Gasteiger partial charge in [0.15, 0.2) is 0 Å². The van der Waals surface area contributed by atoms with Gasteiger partial charge in [-0.3, -0.25) is 4.79 Å². The lowest BCUT2D eigenvalue weighted by molar-refractivity contribution is 0.0735. The first-order chi connectivity index (χ1) is 11.5. The molecular weight excluding hydrogens is 362 g/mol. The van der Waals surface area contributed by atoms with E-state index in [2.05, 4.69) is 10.0 Å². The van der Waals surface area contributed by atoms with Gasteiger partial charge in [0.25, 0.3) is 5.91 Å². The zero-order valence-corrected chi connectivity index (χ0v) is 16.1. The molecule has 3 rings (SSSR count). The lowest BCUT2D eigenvalue weighted by atomic mass is 10.1. The van der Waals surface area contributed by atoms with Gasteiger partial charge in [0.1, 0.15) is 0 Å². The van der Waals surface area contributed by atoms with Gasteiger partial charge in [-0.1, -0.05) is 18.9 Å². The van der Waals surface area contributed by atoms with Gasteiger partial charge >= 0.3 is 0 Å². The third-order valence-corrected chi connectivity index (χ3v) is 6.47. The average Bonchev–Trinajstić information content (AvgIpc) is 3.07. The first-order valence-electron chi connectivity index (χ1n) is 8.60. The van der Waals surface area contributed by atoms with Crippen molar-refractivity contribution < 1.29 is 13.2 Å². The Morgan fingerprint density at radius 2 is 1.84 bits per heavy atom. The SMILES string of the molecule is Cc1ccc(C(=O)N2CCNCC2)cc1S(=O)(=O)NC1CCCC1.Cl. The van der Waals surface area contributed by atoms with E-state index < -0.39 is 10.0 Å². The molecule has 8 heteroatoms. The Morgan fingerprint density at radius 3 is 2.48 bits per heavy atom. The van der Waals surface area contributed by atoms with Gasteiger partial charge in [-0.15, -0.1) is 12.4 Å². The Bertz CT molecular complexity index is 712. The molecule has 1 aliphatic heterocycles. The molecule has 2 fully saturated rings. The van der Waals surface area contributed by atoms with E-state index in [1.54, 1.807) is 24.0 Å². The quantitative estimate of drug-likeness (QED) is 0.823. The van der Waals surface area contributed by atoms with Crippen LogP contribution in [0.2, 0.25) is 0 Å². The molecule has 1 aromatic carbocycles. The van der Waals surface area contributed by atoms with E-state index in [4.69, 9.17) is 0 Å². The van der Waals surface area contributed by atoms with Crippen molar-refractivity contribution in [1.82, 2.24) is 14.9 Å². The Kier molecular flexibility index (Phi) is 6.85. The lowest BCUT2D eigenvalue weighted by Crippen LogP contribution is -2.46. The van der Waals surface area contributed by atoms with Crippen molar-refractivity contribution in [2.24, 2.45) is 0 Å². The number of nitrogens with one attached hydrogen (secondary N) is 2. The molecule has 0 atom stereocenters. The standard InChI is InChI=1S/C17H25N3O3S.ClH/c1-13-6-7-14(17(21)20-10-8-18-9-11-20)12-16(13)24(22,23)19-15-4-2-3-5-15;/h6-7,12,15,18-19H,2-5,8-11H2,1H3;1H. The molecule has 0 spiro atoms. The van der Waals surface area contributed by atoms with Gasteiger partial charge in [-0.05, 0) is 37.5 Å². The summed E-state index contributed by atoms with van der Waals surface area (Å²) in [6.07, 6.45) is 3.90. The van der Waals surface area contributed by atoms with Gasteiger partial charge < -0.3 is 10.2 Å². The maximum Gasteiger partial charge on any atom is 0.253 e. The highest BCUT2D eigenvalue weighted by Gasteiger charge is 2.26. The van der Waals surface area contributed by atoms with Crippen molar-refractivity contribution in [2.75, 3.05) is 26.2 Å². The predicted molar refractivity (Wildman–Crippen MR) is 99.8 cm³/mol. The van der Waals surface area contributed by atoms with Crippen LogP contribution < -0.4 is 10.0 Å². The summed E-state index contributed by atoms with van der Waals surface area (Å²) in [5, 5.41) is 3.21. The van der Waals surface area contributed by atoms with Crippen LogP contribution in [-0.2, 0) is 10.0 Å². The largest absolute Gasteiger partial charge is 0.336 e. The van der Waals surface area contributed by atoms with Crippen LogP contribution in [0.4, 0.5) is 0 Å².